The van der Waals surface area contributed by atoms with Crippen molar-refractivity contribution in [3.8, 4) is 0 Å². The lowest BCUT2D eigenvalue weighted by Crippen LogP contribution is -2.47. The van der Waals surface area contributed by atoms with Crippen LogP contribution in [0.2, 0.25) is 0 Å². The summed E-state index contributed by atoms with van der Waals surface area (Å²) in [6.45, 7) is 13.0. The van der Waals surface area contributed by atoms with Gasteiger partial charge in [-0.25, -0.2) is 4.79 Å². The van der Waals surface area contributed by atoms with E-state index >= 15 is 0 Å². The van der Waals surface area contributed by atoms with Gasteiger partial charge in [-0.3, -0.25) is 9.89 Å². The van der Waals surface area contributed by atoms with E-state index in [-0.39, 0.29) is 12.1 Å². The number of rotatable bonds is 2. The third-order valence-corrected chi connectivity index (χ3v) is 3.57. The van der Waals surface area contributed by atoms with E-state index in [1.165, 1.54) is 0 Å². The fourth-order valence-electron chi connectivity index (χ4n) is 2.62. The second-order valence-corrected chi connectivity index (χ2v) is 6.83. The number of ether oxygens (including phenoxy) is 1. The van der Waals surface area contributed by atoms with Crippen molar-refractivity contribution >= 4 is 11.9 Å². The van der Waals surface area contributed by atoms with Crippen LogP contribution in [0.5, 0.6) is 0 Å². The highest BCUT2D eigenvalue weighted by Gasteiger charge is 2.26. The molecular formula is C16H26N4O3. The lowest BCUT2D eigenvalue weighted by Gasteiger charge is -2.30. The highest BCUT2D eigenvalue weighted by atomic mass is 16.6. The van der Waals surface area contributed by atoms with E-state index in [1.54, 1.807) is 4.90 Å². The van der Waals surface area contributed by atoms with E-state index in [9.17, 15) is 4.79 Å². The van der Waals surface area contributed by atoms with Gasteiger partial charge in [-0.15, -0.1) is 0 Å². The molecule has 0 aliphatic carbocycles. The van der Waals surface area contributed by atoms with E-state index < -0.39 is 5.60 Å². The number of hydrogen-bond donors (Lipinski definition) is 1. The molecule has 0 radical (unpaired) electrons. The Morgan fingerprint density at radius 2 is 2.09 bits per heavy atom. The predicted octanol–water partition coefficient (Wildman–Crippen LogP) is 2.59. The number of carbonyl (C=O) groups excluding carboxylic acids is 1. The van der Waals surface area contributed by atoms with Crippen LogP contribution < -0.4 is 5.32 Å². The summed E-state index contributed by atoms with van der Waals surface area (Å²) in [7, 11) is 0. The van der Waals surface area contributed by atoms with E-state index in [0.717, 1.165) is 22.9 Å². The Hall–Kier alpha value is -2.05. The Bertz CT molecular complexity index is 581. The Balaban J connectivity index is 1.99. The second kappa shape index (κ2) is 6.60. The molecule has 2 rings (SSSR count). The normalized spacial score (nSPS) is 16.8. The lowest BCUT2D eigenvalue weighted by molar-refractivity contribution is 0.0276. The number of aliphatic imine (C=N–C) groups is 1. The highest BCUT2D eigenvalue weighted by Crippen LogP contribution is 2.21. The number of nitrogens with one attached hydrogen (secondary N) is 1. The topological polar surface area (TPSA) is 80.0 Å². The monoisotopic (exact) mass is 322 g/mol. The third-order valence-electron chi connectivity index (χ3n) is 3.57. The molecule has 1 atom stereocenters. The van der Waals surface area contributed by atoms with Gasteiger partial charge in [-0.1, -0.05) is 5.16 Å². The fraction of sp³-hybridized carbons (Fsp3) is 0.688. The fourth-order valence-corrected chi connectivity index (χ4v) is 2.62. The van der Waals surface area contributed by atoms with E-state index in [0.29, 0.717) is 19.6 Å². The van der Waals surface area contributed by atoms with Gasteiger partial charge in [0.25, 0.3) is 0 Å². The summed E-state index contributed by atoms with van der Waals surface area (Å²) in [5.41, 5.74) is 1.40. The van der Waals surface area contributed by atoms with Crippen LogP contribution in [0.1, 0.15) is 50.8 Å². The van der Waals surface area contributed by atoms with Gasteiger partial charge in [-0.05, 0) is 41.5 Å². The van der Waals surface area contributed by atoms with Crippen LogP contribution in [0, 0.1) is 13.8 Å². The minimum Gasteiger partial charge on any atom is -0.444 e. The van der Waals surface area contributed by atoms with E-state index in [4.69, 9.17) is 9.26 Å². The Kier molecular flexibility index (Phi) is 4.97. The molecule has 1 amide bonds. The van der Waals surface area contributed by atoms with Crippen LogP contribution in [0.4, 0.5) is 4.79 Å². The standard InChI is InChI=1S/C16H26N4O3/c1-10(14-11(2)19-23-12(14)3)18-13-9-20(8-7-17-13)15(21)22-16(4,5)6/h10H,7-9H2,1-6H3,(H,17,18). The molecule has 1 unspecified atom stereocenters. The molecule has 1 aliphatic heterocycles. The molecule has 1 N–H and O–H groups in total. The van der Waals surface area contributed by atoms with Crippen LogP contribution in [-0.2, 0) is 4.74 Å². The van der Waals surface area contributed by atoms with Crippen molar-refractivity contribution in [3.63, 3.8) is 0 Å². The molecule has 7 nitrogen and oxygen atoms in total. The second-order valence-electron chi connectivity index (χ2n) is 6.83. The molecule has 1 aliphatic rings. The number of hydrogen-bond acceptors (Lipinski definition) is 6. The van der Waals surface area contributed by atoms with E-state index in [2.05, 4.69) is 15.5 Å². The number of nitrogens with zero attached hydrogens (tertiary/aromatic N) is 3. The zero-order valence-electron chi connectivity index (χ0n) is 14.8. The zero-order valence-corrected chi connectivity index (χ0v) is 14.8. The molecule has 0 fully saturated rings. The molecule has 0 saturated carbocycles. The number of amides is 1. The SMILES string of the molecule is Cc1noc(C)c1C(C)NC1=NCCN(C(=O)OC(C)(C)C)C1. The minimum atomic E-state index is -0.497. The summed E-state index contributed by atoms with van der Waals surface area (Å²) in [5.74, 6) is 1.57. The Morgan fingerprint density at radius 1 is 1.39 bits per heavy atom. The van der Waals surface area contributed by atoms with E-state index in [1.807, 2.05) is 41.5 Å². The first-order chi connectivity index (χ1) is 10.7. The lowest BCUT2D eigenvalue weighted by atomic mass is 10.1. The van der Waals surface area contributed by atoms with Gasteiger partial charge in [0.15, 0.2) is 0 Å². The largest absolute Gasteiger partial charge is 0.444 e. The van der Waals surface area contributed by atoms with Crippen molar-refractivity contribution in [2.24, 2.45) is 4.99 Å². The van der Waals surface area contributed by atoms with Crippen molar-refractivity contribution in [2.45, 2.75) is 53.2 Å². The maximum Gasteiger partial charge on any atom is 0.410 e. The first-order valence-electron chi connectivity index (χ1n) is 7.88. The summed E-state index contributed by atoms with van der Waals surface area (Å²) in [4.78, 5) is 18.3. The summed E-state index contributed by atoms with van der Waals surface area (Å²) < 4.78 is 10.6. The predicted molar refractivity (Wildman–Crippen MR) is 87.6 cm³/mol. The number of carbonyl (C=O) groups is 1. The molecule has 128 valence electrons. The molecule has 7 heteroatoms. The van der Waals surface area contributed by atoms with Crippen LogP contribution >= 0.6 is 0 Å². The zero-order chi connectivity index (χ0) is 17.2. The number of aryl methyl sites for hydroxylation is 2. The van der Waals surface area contributed by atoms with Crippen molar-refractivity contribution in [1.29, 1.82) is 0 Å². The molecule has 1 aromatic heterocycles. The van der Waals surface area contributed by atoms with Gasteiger partial charge in [0.2, 0.25) is 0 Å². The minimum absolute atomic E-state index is 0.0126. The van der Waals surface area contributed by atoms with Crippen molar-refractivity contribution in [2.75, 3.05) is 19.6 Å². The van der Waals surface area contributed by atoms with Crippen LogP contribution in [0.3, 0.4) is 0 Å². The van der Waals surface area contributed by atoms with Crippen LogP contribution in [-0.4, -0.2) is 47.2 Å². The third kappa shape index (κ3) is 4.46. The van der Waals surface area contributed by atoms with Gasteiger partial charge in [0.1, 0.15) is 17.2 Å². The molecule has 0 spiro atoms. The Labute approximate surface area is 137 Å². The molecular weight excluding hydrogens is 296 g/mol. The van der Waals surface area contributed by atoms with Crippen molar-refractivity contribution < 1.29 is 14.1 Å². The van der Waals surface area contributed by atoms with Gasteiger partial charge >= 0.3 is 6.09 Å². The quantitative estimate of drug-likeness (QED) is 0.905. The summed E-state index contributed by atoms with van der Waals surface area (Å²) in [6.07, 6.45) is -0.309. The highest BCUT2D eigenvalue weighted by molar-refractivity contribution is 5.88. The summed E-state index contributed by atoms with van der Waals surface area (Å²) >= 11 is 0. The number of aromatic nitrogens is 1. The average Bonchev–Trinajstić information content (AvgIpc) is 2.76. The molecule has 0 bridgehead atoms. The first kappa shape index (κ1) is 17.3. The number of amidine groups is 1. The molecule has 23 heavy (non-hydrogen) atoms. The van der Waals surface area contributed by atoms with Gasteiger partial charge in [0, 0.05) is 12.1 Å². The van der Waals surface area contributed by atoms with Crippen LogP contribution in [0.25, 0.3) is 0 Å². The summed E-state index contributed by atoms with van der Waals surface area (Å²) in [5, 5.41) is 7.33. The molecule has 1 aromatic rings. The van der Waals surface area contributed by atoms with Gasteiger partial charge < -0.3 is 14.6 Å². The Morgan fingerprint density at radius 3 is 2.65 bits per heavy atom. The van der Waals surface area contributed by atoms with Gasteiger partial charge in [-0.2, -0.15) is 0 Å². The van der Waals surface area contributed by atoms with Crippen LogP contribution in [0.15, 0.2) is 9.52 Å². The average molecular weight is 322 g/mol. The maximum absolute atomic E-state index is 12.2. The molecule has 0 aromatic carbocycles. The van der Waals surface area contributed by atoms with Gasteiger partial charge in [0.05, 0.1) is 24.8 Å². The summed E-state index contributed by atoms with van der Waals surface area (Å²) in [6, 6.07) is 0.0126. The maximum atomic E-state index is 12.2. The van der Waals surface area contributed by atoms with Crippen molar-refractivity contribution in [3.05, 3.63) is 17.0 Å². The molecule has 0 saturated heterocycles. The first-order valence-corrected chi connectivity index (χ1v) is 7.88. The smallest absolute Gasteiger partial charge is 0.410 e. The van der Waals surface area contributed by atoms with Crippen molar-refractivity contribution in [1.82, 2.24) is 15.4 Å². The molecule has 2 heterocycles.